The molecule has 0 radical (unpaired) electrons. The molecule has 1 rings (SSSR count). The zero-order chi connectivity index (χ0) is 21.3. The Balaban J connectivity index is 0.000000516. The van der Waals surface area contributed by atoms with E-state index >= 15 is 0 Å². The highest BCUT2D eigenvalue weighted by molar-refractivity contribution is 5.73. The van der Waals surface area contributed by atoms with Gasteiger partial charge in [0.15, 0.2) is 12.6 Å². The molecule has 1 saturated heterocycles. The predicted molar refractivity (Wildman–Crippen MR) is 84.8 cm³/mol. The van der Waals surface area contributed by atoms with Gasteiger partial charge in [-0.25, -0.2) is 0 Å². The molecule has 0 spiro atoms. The highest BCUT2D eigenvalue weighted by Crippen LogP contribution is 2.19. The Kier molecular flexibility index (Phi) is 11.7. The highest BCUT2D eigenvalue weighted by Gasteiger charge is 2.43. The monoisotopic (exact) mass is 401 g/mol. The summed E-state index contributed by atoms with van der Waals surface area (Å²) < 4.78 is 4.81. The minimum atomic E-state index is -1.79. The van der Waals surface area contributed by atoms with E-state index in [-0.39, 0.29) is 6.29 Å². The van der Waals surface area contributed by atoms with E-state index in [4.69, 9.17) is 35.4 Å². The second-order valence-electron chi connectivity index (χ2n) is 5.81. The zero-order valence-electron chi connectivity index (χ0n) is 14.4. The first-order valence-electron chi connectivity index (χ1n) is 7.87. The fourth-order valence-corrected chi connectivity index (χ4v) is 2.11. The average Bonchev–Trinajstić information content (AvgIpc) is 2.65. The summed E-state index contributed by atoms with van der Waals surface area (Å²) in [5.74, 6) is -0.462. The van der Waals surface area contributed by atoms with Crippen molar-refractivity contribution in [3.63, 3.8) is 0 Å². The number of carbonyl (C=O) groups excluding carboxylic acids is 2. The third kappa shape index (κ3) is 7.71. The summed E-state index contributed by atoms with van der Waals surface area (Å²) in [5, 5.41) is 82.9. The molecule has 0 saturated carbocycles. The van der Waals surface area contributed by atoms with E-state index in [2.05, 4.69) is 5.32 Å². The summed E-state index contributed by atoms with van der Waals surface area (Å²) in [6.07, 6.45) is -12.1. The van der Waals surface area contributed by atoms with E-state index < -0.39 is 74.2 Å². The van der Waals surface area contributed by atoms with Crippen molar-refractivity contribution in [2.24, 2.45) is 0 Å². The maximum absolute atomic E-state index is 10.7. The Morgan fingerprint density at radius 1 is 1.07 bits per heavy atom. The number of aliphatic hydroxyl groups excluding tert-OH is 9. The third-order valence-electron chi connectivity index (χ3n) is 3.69. The predicted octanol–water partition coefficient (Wildman–Crippen LogP) is -6.46. The Morgan fingerprint density at radius 3 is 2.04 bits per heavy atom. The van der Waals surface area contributed by atoms with Crippen molar-refractivity contribution >= 4 is 12.2 Å². The third-order valence-corrected chi connectivity index (χ3v) is 3.69. The molecule has 0 aromatic rings. The quantitative estimate of drug-likeness (QED) is 0.179. The van der Waals surface area contributed by atoms with Gasteiger partial charge in [-0.15, -0.1) is 0 Å². The minimum absolute atomic E-state index is 0.0258. The van der Waals surface area contributed by atoms with E-state index in [0.717, 1.165) is 0 Å². The highest BCUT2D eigenvalue weighted by atomic mass is 16.6. The Labute approximate surface area is 154 Å². The minimum Gasteiger partial charge on any atom is -0.394 e. The molecule has 160 valence electrons. The number of hydrogen-bond donors (Lipinski definition) is 10. The molecular weight excluding hydrogens is 374 g/mol. The molecule has 13 nitrogen and oxygen atoms in total. The molecule has 1 amide bonds. The topological polar surface area (TPSA) is 237 Å². The lowest BCUT2D eigenvalue weighted by Gasteiger charge is -2.40. The first-order valence-corrected chi connectivity index (χ1v) is 7.87. The van der Waals surface area contributed by atoms with Crippen LogP contribution in [0.25, 0.3) is 0 Å². The summed E-state index contributed by atoms with van der Waals surface area (Å²) in [6.45, 7) is -0.0736. The van der Waals surface area contributed by atoms with Crippen LogP contribution in [0.1, 0.15) is 6.92 Å². The van der Waals surface area contributed by atoms with Gasteiger partial charge in [0.05, 0.1) is 13.2 Å². The Bertz CT molecular complexity index is 452. The fraction of sp³-hybridized carbons (Fsp3) is 0.857. The van der Waals surface area contributed by atoms with Crippen LogP contribution < -0.4 is 5.32 Å². The van der Waals surface area contributed by atoms with Crippen molar-refractivity contribution < 1.29 is 60.3 Å². The van der Waals surface area contributed by atoms with Crippen molar-refractivity contribution in [3.8, 4) is 0 Å². The molecule has 1 aliphatic heterocycles. The normalized spacial score (nSPS) is 32.3. The standard InChI is InChI=1S/C8H15NO6.C6H12O6/c1-3(11)9-5-7(13)6(12)4(2-10)15-8(5)14;7-1-3(9)5(11)6(12)4(10)2-8/h4-8,10,12-14H,2H2,1H3,(H,9,11);1,3-6,8-12H,2H2/t4-,5-,6-,7-,8?;3-,4-,5-,6-/m11/s1. The van der Waals surface area contributed by atoms with E-state index in [1.165, 1.54) is 6.92 Å². The van der Waals surface area contributed by atoms with Crippen LogP contribution in [-0.4, -0.2) is 126 Å². The maximum Gasteiger partial charge on any atom is 0.217 e. The van der Waals surface area contributed by atoms with Crippen LogP contribution in [0.2, 0.25) is 0 Å². The Morgan fingerprint density at radius 2 is 1.63 bits per heavy atom. The summed E-state index contributed by atoms with van der Waals surface area (Å²) in [5.41, 5.74) is 0. The van der Waals surface area contributed by atoms with Crippen molar-refractivity contribution in [1.82, 2.24) is 5.32 Å². The molecule has 1 aliphatic rings. The second kappa shape index (κ2) is 12.2. The van der Waals surface area contributed by atoms with Gasteiger partial charge in [-0.3, -0.25) is 4.79 Å². The molecule has 10 N–H and O–H groups in total. The molecule has 9 atom stereocenters. The van der Waals surface area contributed by atoms with Crippen LogP contribution in [0, 0.1) is 0 Å². The number of aldehydes is 1. The molecule has 1 fully saturated rings. The summed E-state index contributed by atoms with van der Waals surface area (Å²) in [7, 11) is 0. The summed E-state index contributed by atoms with van der Waals surface area (Å²) in [4.78, 5) is 20.6. The number of carbonyl (C=O) groups is 2. The van der Waals surface area contributed by atoms with Crippen LogP contribution in [-0.2, 0) is 14.3 Å². The molecule has 0 aliphatic carbocycles. The van der Waals surface area contributed by atoms with E-state index in [9.17, 15) is 24.9 Å². The van der Waals surface area contributed by atoms with Gasteiger partial charge >= 0.3 is 0 Å². The lowest BCUT2D eigenvalue weighted by Crippen LogP contribution is -2.63. The van der Waals surface area contributed by atoms with Gasteiger partial charge < -0.3 is 60.8 Å². The Hall–Kier alpha value is -1.26. The number of ether oxygens (including phenoxy) is 1. The molecule has 1 unspecified atom stereocenters. The molecule has 1 heterocycles. The lowest BCUT2D eigenvalue weighted by molar-refractivity contribution is -0.253. The van der Waals surface area contributed by atoms with Gasteiger partial charge in [-0.1, -0.05) is 0 Å². The second-order valence-corrected chi connectivity index (χ2v) is 5.81. The van der Waals surface area contributed by atoms with Crippen molar-refractivity contribution in [2.75, 3.05) is 13.2 Å². The van der Waals surface area contributed by atoms with Crippen LogP contribution in [0.3, 0.4) is 0 Å². The average molecular weight is 401 g/mol. The van der Waals surface area contributed by atoms with Crippen LogP contribution >= 0.6 is 0 Å². The lowest BCUT2D eigenvalue weighted by atomic mass is 9.97. The van der Waals surface area contributed by atoms with Gasteiger partial charge in [0.25, 0.3) is 0 Å². The van der Waals surface area contributed by atoms with E-state index in [0.29, 0.717) is 0 Å². The maximum atomic E-state index is 10.7. The fourth-order valence-electron chi connectivity index (χ4n) is 2.11. The zero-order valence-corrected chi connectivity index (χ0v) is 14.4. The van der Waals surface area contributed by atoms with Crippen LogP contribution in [0.4, 0.5) is 0 Å². The SMILES string of the molecule is CC(=O)N[C@H]1C(O)O[C@H](CO)[C@@H](O)[C@@H]1O.O=C[C@@H](O)[C@@H](O)[C@H](O)[C@H](O)CO. The number of rotatable bonds is 7. The first kappa shape index (κ1) is 25.7. The first-order chi connectivity index (χ1) is 12.5. The number of aliphatic hydroxyl groups is 9. The van der Waals surface area contributed by atoms with Gasteiger partial charge in [0.1, 0.15) is 48.8 Å². The van der Waals surface area contributed by atoms with E-state index in [1.807, 2.05) is 0 Å². The van der Waals surface area contributed by atoms with Gasteiger partial charge in [-0.2, -0.15) is 0 Å². The molecule has 0 bridgehead atoms. The smallest absolute Gasteiger partial charge is 0.217 e. The number of nitrogens with one attached hydrogen (secondary N) is 1. The van der Waals surface area contributed by atoms with E-state index in [1.54, 1.807) is 0 Å². The molecule has 0 aromatic heterocycles. The van der Waals surface area contributed by atoms with Gasteiger partial charge in [0, 0.05) is 6.92 Å². The van der Waals surface area contributed by atoms with Crippen LogP contribution in [0.5, 0.6) is 0 Å². The number of hydrogen-bond acceptors (Lipinski definition) is 12. The van der Waals surface area contributed by atoms with Crippen molar-refractivity contribution in [2.45, 2.75) is 62.0 Å². The van der Waals surface area contributed by atoms with Gasteiger partial charge in [-0.05, 0) is 0 Å². The van der Waals surface area contributed by atoms with Gasteiger partial charge in [0.2, 0.25) is 5.91 Å². The largest absolute Gasteiger partial charge is 0.394 e. The summed E-state index contributed by atoms with van der Waals surface area (Å²) in [6, 6.07) is -1.10. The number of amides is 1. The molecular formula is C14H27NO12. The van der Waals surface area contributed by atoms with Crippen LogP contribution in [0.15, 0.2) is 0 Å². The molecule has 13 heteroatoms. The summed E-state index contributed by atoms with van der Waals surface area (Å²) >= 11 is 0. The van der Waals surface area contributed by atoms with Crippen molar-refractivity contribution in [1.29, 1.82) is 0 Å². The molecule has 27 heavy (non-hydrogen) atoms. The molecule has 0 aromatic carbocycles. The van der Waals surface area contributed by atoms with Crippen molar-refractivity contribution in [3.05, 3.63) is 0 Å².